The van der Waals surface area contributed by atoms with E-state index in [9.17, 15) is 9.59 Å². The number of allylic oxidation sites excluding steroid dienone is 1. The number of fused-ring (bicyclic) bond motifs is 1. The zero-order chi connectivity index (χ0) is 23.7. The lowest BCUT2D eigenvalue weighted by molar-refractivity contribution is -0.151. The lowest BCUT2D eigenvalue weighted by atomic mass is 9.74. The van der Waals surface area contributed by atoms with Crippen LogP contribution in [-0.4, -0.2) is 40.2 Å². The van der Waals surface area contributed by atoms with E-state index in [2.05, 4.69) is 10.6 Å². The molecule has 1 heterocycles. The summed E-state index contributed by atoms with van der Waals surface area (Å²) < 4.78 is 21.6. The minimum absolute atomic E-state index is 0.214. The van der Waals surface area contributed by atoms with Gasteiger partial charge < -0.3 is 29.6 Å². The standard InChI is InChI=1S/C25H28N2O6/c1-13-10-17-22(24(28)21(13)25(29)33-5)23(27-16-9-7-6-8-15(16)26-17)14-11-19(31-3)20(32-4)12-18(14)30-2/h6-9,11-13,21,23,26-27H,10H2,1-5H3/t13-,21+,23+/m0/s1. The van der Waals surface area contributed by atoms with Gasteiger partial charge in [0, 0.05) is 22.9 Å². The molecule has 2 aromatic carbocycles. The number of carbonyl (C=O) groups excluding carboxylic acids is 2. The molecule has 33 heavy (non-hydrogen) atoms. The van der Waals surface area contributed by atoms with Crippen LogP contribution >= 0.6 is 0 Å². The fraction of sp³-hybridized carbons (Fsp3) is 0.360. The molecule has 8 heteroatoms. The van der Waals surface area contributed by atoms with Gasteiger partial charge in [0.15, 0.2) is 17.3 Å². The van der Waals surface area contributed by atoms with Crippen LogP contribution < -0.4 is 24.8 Å². The summed E-state index contributed by atoms with van der Waals surface area (Å²) >= 11 is 0. The largest absolute Gasteiger partial charge is 0.496 e. The molecule has 0 saturated heterocycles. The molecule has 0 aromatic heterocycles. The average molecular weight is 453 g/mol. The number of methoxy groups -OCH3 is 4. The quantitative estimate of drug-likeness (QED) is 0.520. The van der Waals surface area contributed by atoms with Crippen LogP contribution in [0.3, 0.4) is 0 Å². The molecule has 0 spiro atoms. The second kappa shape index (κ2) is 9.05. The van der Waals surface area contributed by atoms with Gasteiger partial charge in [-0.3, -0.25) is 9.59 Å². The molecule has 1 aliphatic carbocycles. The van der Waals surface area contributed by atoms with Crippen molar-refractivity contribution in [2.75, 3.05) is 39.1 Å². The maximum Gasteiger partial charge on any atom is 0.316 e. The Morgan fingerprint density at radius 3 is 2.21 bits per heavy atom. The van der Waals surface area contributed by atoms with Crippen LogP contribution in [0.15, 0.2) is 47.7 Å². The molecular formula is C25H28N2O6. The molecule has 2 aromatic rings. The molecule has 2 N–H and O–H groups in total. The first-order valence-electron chi connectivity index (χ1n) is 10.7. The summed E-state index contributed by atoms with van der Waals surface area (Å²) in [5, 5.41) is 6.93. The summed E-state index contributed by atoms with van der Waals surface area (Å²) in [6.07, 6.45) is 0.517. The van der Waals surface area contributed by atoms with Crippen LogP contribution in [0, 0.1) is 11.8 Å². The first-order chi connectivity index (χ1) is 15.9. The maximum absolute atomic E-state index is 13.8. The molecule has 2 aliphatic rings. The van der Waals surface area contributed by atoms with Gasteiger partial charge in [0.1, 0.15) is 11.7 Å². The first-order valence-corrected chi connectivity index (χ1v) is 10.7. The van der Waals surface area contributed by atoms with Crippen LogP contribution in [0.25, 0.3) is 0 Å². The molecule has 4 rings (SSSR count). The number of ketones is 1. The van der Waals surface area contributed by atoms with Gasteiger partial charge in [-0.15, -0.1) is 0 Å². The van der Waals surface area contributed by atoms with Crippen molar-refractivity contribution in [3.05, 3.63) is 53.2 Å². The van der Waals surface area contributed by atoms with Gasteiger partial charge in [-0.05, 0) is 30.5 Å². The van der Waals surface area contributed by atoms with Crippen molar-refractivity contribution in [2.24, 2.45) is 11.8 Å². The topological polar surface area (TPSA) is 95.1 Å². The van der Waals surface area contributed by atoms with Crippen molar-refractivity contribution in [1.29, 1.82) is 0 Å². The van der Waals surface area contributed by atoms with E-state index in [0.29, 0.717) is 34.8 Å². The highest BCUT2D eigenvalue weighted by Crippen LogP contribution is 2.47. The highest BCUT2D eigenvalue weighted by atomic mass is 16.5. The molecule has 0 radical (unpaired) electrons. The van der Waals surface area contributed by atoms with Gasteiger partial charge in [-0.2, -0.15) is 0 Å². The van der Waals surface area contributed by atoms with Crippen molar-refractivity contribution >= 4 is 23.1 Å². The maximum atomic E-state index is 13.8. The normalized spacial score (nSPS) is 21.6. The highest BCUT2D eigenvalue weighted by molar-refractivity contribution is 6.11. The molecule has 1 aliphatic heterocycles. The third kappa shape index (κ3) is 3.86. The Morgan fingerprint density at radius 1 is 0.939 bits per heavy atom. The fourth-order valence-electron chi connectivity index (χ4n) is 4.65. The van der Waals surface area contributed by atoms with Crippen LogP contribution in [-0.2, 0) is 14.3 Å². The van der Waals surface area contributed by atoms with Gasteiger partial charge >= 0.3 is 5.97 Å². The summed E-state index contributed by atoms with van der Waals surface area (Å²) in [7, 11) is 5.97. The predicted octanol–water partition coefficient (Wildman–Crippen LogP) is 3.94. The van der Waals surface area contributed by atoms with Gasteiger partial charge in [-0.25, -0.2) is 0 Å². The third-order valence-corrected chi connectivity index (χ3v) is 6.27. The molecule has 174 valence electrons. The number of esters is 1. The van der Waals surface area contributed by atoms with E-state index >= 15 is 0 Å². The summed E-state index contributed by atoms with van der Waals surface area (Å²) in [6.45, 7) is 1.89. The molecule has 8 nitrogen and oxygen atoms in total. The number of rotatable bonds is 5. The van der Waals surface area contributed by atoms with Gasteiger partial charge in [0.05, 0.1) is 45.9 Å². The van der Waals surface area contributed by atoms with Gasteiger partial charge in [0.25, 0.3) is 0 Å². The van der Waals surface area contributed by atoms with Crippen molar-refractivity contribution < 1.29 is 28.5 Å². The first kappa shape index (κ1) is 22.5. The van der Waals surface area contributed by atoms with E-state index in [1.54, 1.807) is 33.5 Å². The van der Waals surface area contributed by atoms with E-state index in [0.717, 1.165) is 17.1 Å². The molecule has 3 atom stereocenters. The zero-order valence-corrected chi connectivity index (χ0v) is 19.4. The second-order valence-electron chi connectivity index (χ2n) is 8.14. The van der Waals surface area contributed by atoms with Crippen molar-refractivity contribution in [1.82, 2.24) is 0 Å². The molecule has 0 amide bonds. The molecular weight excluding hydrogens is 424 g/mol. The molecule has 0 bridgehead atoms. The Hall–Kier alpha value is -3.68. The fourth-order valence-corrected chi connectivity index (χ4v) is 4.65. The number of hydrogen-bond acceptors (Lipinski definition) is 8. The summed E-state index contributed by atoms with van der Waals surface area (Å²) in [4.78, 5) is 26.3. The minimum atomic E-state index is -0.882. The molecule has 0 fully saturated rings. The minimum Gasteiger partial charge on any atom is -0.496 e. The number of hydrogen-bond donors (Lipinski definition) is 2. The van der Waals surface area contributed by atoms with Gasteiger partial charge in [0.2, 0.25) is 0 Å². The number of benzene rings is 2. The van der Waals surface area contributed by atoms with Crippen LogP contribution in [0.2, 0.25) is 0 Å². The van der Waals surface area contributed by atoms with Crippen LogP contribution in [0.5, 0.6) is 17.2 Å². The van der Waals surface area contributed by atoms with E-state index < -0.39 is 17.9 Å². The number of nitrogens with one attached hydrogen (secondary N) is 2. The van der Waals surface area contributed by atoms with Gasteiger partial charge in [-0.1, -0.05) is 19.1 Å². The Morgan fingerprint density at radius 2 is 1.58 bits per heavy atom. The Kier molecular flexibility index (Phi) is 6.18. The second-order valence-corrected chi connectivity index (χ2v) is 8.14. The van der Waals surface area contributed by atoms with Crippen molar-refractivity contribution in [2.45, 2.75) is 19.4 Å². The molecule has 0 unspecified atom stereocenters. The number of Topliss-reactive ketones (excluding diaryl/α,β-unsaturated/α-hetero) is 1. The smallest absolute Gasteiger partial charge is 0.316 e. The van der Waals surface area contributed by atoms with E-state index in [-0.39, 0.29) is 11.7 Å². The van der Waals surface area contributed by atoms with Crippen LogP contribution in [0.4, 0.5) is 11.4 Å². The predicted molar refractivity (Wildman–Crippen MR) is 124 cm³/mol. The van der Waals surface area contributed by atoms with Crippen LogP contribution in [0.1, 0.15) is 24.9 Å². The highest BCUT2D eigenvalue weighted by Gasteiger charge is 2.45. The Bertz CT molecular complexity index is 1130. The summed E-state index contributed by atoms with van der Waals surface area (Å²) in [6, 6.07) is 10.7. The Labute approximate surface area is 192 Å². The lowest BCUT2D eigenvalue weighted by Gasteiger charge is -2.33. The van der Waals surface area contributed by atoms with E-state index in [1.165, 1.54) is 7.11 Å². The summed E-state index contributed by atoms with van der Waals surface area (Å²) in [5.41, 5.74) is 3.61. The zero-order valence-electron chi connectivity index (χ0n) is 19.4. The Balaban J connectivity index is 1.94. The number of para-hydroxylation sites is 2. The van der Waals surface area contributed by atoms with Crippen molar-refractivity contribution in [3.8, 4) is 17.2 Å². The monoisotopic (exact) mass is 452 g/mol. The molecule has 0 saturated carbocycles. The summed E-state index contributed by atoms with van der Waals surface area (Å²) in [5.74, 6) is -0.359. The van der Waals surface area contributed by atoms with E-state index in [1.807, 2.05) is 31.2 Å². The number of carbonyl (C=O) groups is 2. The number of ether oxygens (including phenoxy) is 4. The third-order valence-electron chi connectivity index (χ3n) is 6.27. The van der Waals surface area contributed by atoms with E-state index in [4.69, 9.17) is 18.9 Å². The number of anilines is 2. The van der Waals surface area contributed by atoms with Crippen molar-refractivity contribution in [3.63, 3.8) is 0 Å². The SMILES string of the molecule is COC(=O)[C@H]1C(=O)C2=C(C[C@@H]1C)Nc1ccccc1N[C@@H]2c1cc(OC)c(OC)cc1OC. The average Bonchev–Trinajstić information content (AvgIpc) is 2.99. The lowest BCUT2D eigenvalue weighted by Crippen LogP contribution is -2.39.